The summed E-state index contributed by atoms with van der Waals surface area (Å²) in [6, 6.07) is 8.14. The van der Waals surface area contributed by atoms with Gasteiger partial charge < -0.3 is 10.2 Å². The van der Waals surface area contributed by atoms with E-state index in [1.807, 2.05) is 31.2 Å². The van der Waals surface area contributed by atoms with Crippen LogP contribution in [0, 0.1) is 6.92 Å². The second-order valence-corrected chi connectivity index (χ2v) is 6.52. The van der Waals surface area contributed by atoms with Crippen LogP contribution >= 0.6 is 0 Å². The first-order valence-corrected chi connectivity index (χ1v) is 8.70. The van der Waals surface area contributed by atoms with Crippen molar-refractivity contribution in [2.45, 2.75) is 64.8 Å². The minimum absolute atomic E-state index is 0.0298. The molecule has 4 heteroatoms. The van der Waals surface area contributed by atoms with Crippen LogP contribution in [0.1, 0.15) is 57.4 Å². The van der Waals surface area contributed by atoms with Gasteiger partial charge >= 0.3 is 0 Å². The predicted molar refractivity (Wildman–Crippen MR) is 93.5 cm³/mol. The quantitative estimate of drug-likeness (QED) is 0.844. The monoisotopic (exact) mass is 316 g/mol. The molecule has 0 bridgehead atoms. The van der Waals surface area contributed by atoms with Crippen LogP contribution in [0.3, 0.4) is 0 Å². The summed E-state index contributed by atoms with van der Waals surface area (Å²) in [7, 11) is 0. The topological polar surface area (TPSA) is 49.4 Å². The minimum Gasteiger partial charge on any atom is -0.353 e. The summed E-state index contributed by atoms with van der Waals surface area (Å²) in [6.45, 7) is 3.98. The van der Waals surface area contributed by atoms with Crippen molar-refractivity contribution in [1.29, 1.82) is 0 Å². The first kappa shape index (κ1) is 17.5. The zero-order valence-electron chi connectivity index (χ0n) is 14.3. The molecule has 2 amide bonds. The third-order valence-electron chi connectivity index (χ3n) is 4.48. The molecule has 1 aliphatic carbocycles. The standard InChI is InChI=1S/C19H28N2O2/c1-15-8-7-11-18(14-15)21(16(2)22)13-12-19(23)20-17-9-5-3-4-6-10-17/h7-8,11,14,17H,3-6,9-10,12-13H2,1-2H3,(H,20,23). The zero-order chi connectivity index (χ0) is 16.7. The molecule has 0 unspecified atom stereocenters. The van der Waals surface area contributed by atoms with Gasteiger partial charge in [0.1, 0.15) is 0 Å². The van der Waals surface area contributed by atoms with E-state index in [9.17, 15) is 9.59 Å². The highest BCUT2D eigenvalue weighted by Gasteiger charge is 2.17. The minimum atomic E-state index is -0.0298. The van der Waals surface area contributed by atoms with E-state index in [1.54, 1.807) is 11.8 Å². The number of hydrogen-bond donors (Lipinski definition) is 1. The van der Waals surface area contributed by atoms with Gasteiger partial charge in [-0.2, -0.15) is 0 Å². The van der Waals surface area contributed by atoms with E-state index in [2.05, 4.69) is 5.32 Å². The molecule has 0 aromatic heterocycles. The van der Waals surface area contributed by atoms with Gasteiger partial charge in [0, 0.05) is 31.6 Å². The van der Waals surface area contributed by atoms with Crippen molar-refractivity contribution in [3.8, 4) is 0 Å². The van der Waals surface area contributed by atoms with Crippen LogP contribution in [0.5, 0.6) is 0 Å². The van der Waals surface area contributed by atoms with Gasteiger partial charge in [-0.15, -0.1) is 0 Å². The number of carbonyl (C=O) groups excluding carboxylic acids is 2. The maximum Gasteiger partial charge on any atom is 0.223 e. The Labute approximate surface area is 139 Å². The van der Waals surface area contributed by atoms with Crippen molar-refractivity contribution in [3.05, 3.63) is 29.8 Å². The fraction of sp³-hybridized carbons (Fsp3) is 0.579. The normalized spacial score (nSPS) is 15.7. The molecular formula is C19H28N2O2. The molecule has 1 aromatic rings. The van der Waals surface area contributed by atoms with Gasteiger partial charge in [0.25, 0.3) is 0 Å². The first-order chi connectivity index (χ1) is 11.1. The second kappa shape index (κ2) is 8.70. The van der Waals surface area contributed by atoms with Gasteiger partial charge in [0.05, 0.1) is 0 Å². The molecule has 1 saturated carbocycles. The summed E-state index contributed by atoms with van der Waals surface area (Å²) in [6.07, 6.45) is 7.47. The number of amides is 2. The molecule has 1 N–H and O–H groups in total. The van der Waals surface area contributed by atoms with E-state index >= 15 is 0 Å². The lowest BCUT2D eigenvalue weighted by atomic mass is 10.1. The lowest BCUT2D eigenvalue weighted by Gasteiger charge is -2.22. The van der Waals surface area contributed by atoms with Crippen LogP contribution in [0.25, 0.3) is 0 Å². The number of hydrogen-bond acceptors (Lipinski definition) is 2. The van der Waals surface area contributed by atoms with Crippen LogP contribution in [-0.2, 0) is 9.59 Å². The number of aryl methyl sites for hydroxylation is 1. The van der Waals surface area contributed by atoms with E-state index in [4.69, 9.17) is 0 Å². The van der Waals surface area contributed by atoms with E-state index in [0.29, 0.717) is 19.0 Å². The smallest absolute Gasteiger partial charge is 0.223 e. The molecule has 4 nitrogen and oxygen atoms in total. The molecule has 1 aliphatic rings. The van der Waals surface area contributed by atoms with Crippen molar-refractivity contribution >= 4 is 17.5 Å². The number of nitrogens with zero attached hydrogens (tertiary/aromatic N) is 1. The number of anilines is 1. The molecule has 0 radical (unpaired) electrons. The summed E-state index contributed by atoms with van der Waals surface area (Å²) in [5.74, 6) is 0.0219. The summed E-state index contributed by atoms with van der Waals surface area (Å²) < 4.78 is 0. The highest BCUT2D eigenvalue weighted by atomic mass is 16.2. The summed E-state index contributed by atoms with van der Waals surface area (Å²) >= 11 is 0. The number of benzene rings is 1. The molecule has 0 atom stereocenters. The fourth-order valence-electron chi connectivity index (χ4n) is 3.20. The van der Waals surface area contributed by atoms with Crippen LogP contribution in [0.2, 0.25) is 0 Å². The second-order valence-electron chi connectivity index (χ2n) is 6.52. The van der Waals surface area contributed by atoms with Crippen molar-refractivity contribution < 1.29 is 9.59 Å². The van der Waals surface area contributed by atoms with Gasteiger partial charge in [-0.05, 0) is 37.5 Å². The van der Waals surface area contributed by atoms with Crippen molar-refractivity contribution in [2.75, 3.05) is 11.4 Å². The molecular weight excluding hydrogens is 288 g/mol. The van der Waals surface area contributed by atoms with E-state index < -0.39 is 0 Å². The Morgan fingerprint density at radius 2 is 1.87 bits per heavy atom. The number of nitrogens with one attached hydrogen (secondary N) is 1. The molecule has 0 saturated heterocycles. The van der Waals surface area contributed by atoms with Gasteiger partial charge in [-0.3, -0.25) is 9.59 Å². The first-order valence-electron chi connectivity index (χ1n) is 8.70. The van der Waals surface area contributed by atoms with Gasteiger partial charge in [-0.1, -0.05) is 37.8 Å². The average Bonchev–Trinajstić information content (AvgIpc) is 2.76. The third-order valence-corrected chi connectivity index (χ3v) is 4.48. The van der Waals surface area contributed by atoms with Crippen LogP contribution in [0.15, 0.2) is 24.3 Å². The van der Waals surface area contributed by atoms with Crippen molar-refractivity contribution in [1.82, 2.24) is 5.32 Å². The van der Waals surface area contributed by atoms with Gasteiger partial charge in [-0.25, -0.2) is 0 Å². The van der Waals surface area contributed by atoms with E-state index in [0.717, 1.165) is 24.1 Å². The Bertz CT molecular complexity index is 534. The SMILES string of the molecule is CC(=O)N(CCC(=O)NC1CCCCCC1)c1cccc(C)c1. The lowest BCUT2D eigenvalue weighted by molar-refractivity contribution is -0.121. The Hall–Kier alpha value is -1.84. The maximum atomic E-state index is 12.2. The molecule has 0 aliphatic heterocycles. The molecule has 1 aromatic carbocycles. The van der Waals surface area contributed by atoms with Crippen molar-refractivity contribution in [2.24, 2.45) is 0 Å². The van der Waals surface area contributed by atoms with Crippen molar-refractivity contribution in [3.63, 3.8) is 0 Å². The van der Waals surface area contributed by atoms with Gasteiger partial charge in [0.2, 0.25) is 11.8 Å². The average molecular weight is 316 g/mol. The molecule has 2 rings (SSSR count). The number of carbonyl (C=O) groups is 2. The molecule has 0 spiro atoms. The summed E-state index contributed by atoms with van der Waals surface area (Å²) in [4.78, 5) is 25.8. The Morgan fingerprint density at radius 3 is 2.48 bits per heavy atom. The molecule has 126 valence electrons. The zero-order valence-corrected chi connectivity index (χ0v) is 14.3. The summed E-state index contributed by atoms with van der Waals surface area (Å²) in [5.41, 5.74) is 1.97. The van der Waals surface area contributed by atoms with E-state index in [1.165, 1.54) is 25.7 Å². The maximum absolute atomic E-state index is 12.2. The van der Waals surface area contributed by atoms with Gasteiger partial charge in [0.15, 0.2) is 0 Å². The number of rotatable bonds is 5. The van der Waals surface area contributed by atoms with Crippen LogP contribution < -0.4 is 10.2 Å². The third kappa shape index (κ3) is 5.70. The highest BCUT2D eigenvalue weighted by molar-refractivity contribution is 5.92. The Kier molecular flexibility index (Phi) is 6.63. The summed E-state index contributed by atoms with van der Waals surface area (Å²) in [5, 5.41) is 3.14. The molecule has 23 heavy (non-hydrogen) atoms. The fourth-order valence-corrected chi connectivity index (χ4v) is 3.20. The van der Waals surface area contributed by atoms with E-state index in [-0.39, 0.29) is 11.8 Å². The Balaban J connectivity index is 1.88. The predicted octanol–water partition coefficient (Wildman–Crippen LogP) is 3.58. The van der Waals surface area contributed by atoms with Crippen LogP contribution in [-0.4, -0.2) is 24.4 Å². The molecule has 0 heterocycles. The van der Waals surface area contributed by atoms with Crippen LogP contribution in [0.4, 0.5) is 5.69 Å². The largest absolute Gasteiger partial charge is 0.353 e. The highest BCUT2D eigenvalue weighted by Crippen LogP contribution is 2.18. The Morgan fingerprint density at radius 1 is 1.17 bits per heavy atom. The lowest BCUT2D eigenvalue weighted by Crippen LogP contribution is -2.38. The molecule has 1 fully saturated rings.